The lowest BCUT2D eigenvalue weighted by atomic mass is 9.82. The minimum atomic E-state index is -3.54. The molecule has 1 saturated carbocycles. The maximum absolute atomic E-state index is 12.5. The molecule has 0 saturated heterocycles. The monoisotopic (exact) mass is 285 g/mol. The zero-order valence-electron chi connectivity index (χ0n) is 11.1. The smallest absolute Gasteiger partial charge is 0.246 e. The Morgan fingerprint density at radius 2 is 2.00 bits per heavy atom. The van der Waals surface area contributed by atoms with Crippen molar-refractivity contribution in [1.29, 1.82) is 0 Å². The summed E-state index contributed by atoms with van der Waals surface area (Å²) in [6, 6.07) is 6.59. The third kappa shape index (κ3) is 2.91. The predicted octanol–water partition coefficient (Wildman–Crippen LogP) is 1.09. The van der Waals surface area contributed by atoms with Gasteiger partial charge >= 0.3 is 0 Å². The largest absolute Gasteiger partial charge is 0.495 e. The molecule has 106 valence electrons. The van der Waals surface area contributed by atoms with Crippen molar-refractivity contribution in [2.75, 3.05) is 20.7 Å². The van der Waals surface area contributed by atoms with Gasteiger partial charge in [0, 0.05) is 13.6 Å². The fourth-order valence-corrected chi connectivity index (χ4v) is 3.71. The first-order valence-electron chi connectivity index (χ1n) is 6.22. The second-order valence-corrected chi connectivity index (χ2v) is 6.94. The number of hydrogen-bond donors (Lipinski definition) is 1. The normalized spacial score (nSPS) is 23.2. The minimum absolute atomic E-state index is 0.180. The molecule has 1 aromatic rings. The molecule has 1 aliphatic rings. The van der Waals surface area contributed by atoms with Gasteiger partial charge in [-0.3, -0.25) is 0 Å². The summed E-state index contributed by atoms with van der Waals surface area (Å²) >= 11 is 0. The van der Waals surface area contributed by atoms with Crippen LogP contribution in [-0.4, -0.2) is 44.6 Å². The van der Waals surface area contributed by atoms with E-state index < -0.39 is 10.0 Å². The molecule has 6 heteroatoms. The summed E-state index contributed by atoms with van der Waals surface area (Å²) < 4.78 is 31.3. The summed E-state index contributed by atoms with van der Waals surface area (Å²) in [5, 5.41) is 9.25. The van der Waals surface area contributed by atoms with Gasteiger partial charge in [-0.2, -0.15) is 0 Å². The number of rotatable bonds is 5. The van der Waals surface area contributed by atoms with E-state index in [0.717, 1.165) is 0 Å². The number of methoxy groups -OCH3 is 1. The highest BCUT2D eigenvalue weighted by molar-refractivity contribution is 7.89. The Bertz CT molecular complexity index is 537. The third-order valence-corrected chi connectivity index (χ3v) is 5.35. The van der Waals surface area contributed by atoms with Gasteiger partial charge < -0.3 is 9.84 Å². The number of ether oxygens (including phenoxy) is 1. The third-order valence-electron chi connectivity index (χ3n) is 3.48. The number of hydrogen-bond acceptors (Lipinski definition) is 4. The molecule has 0 unspecified atom stereocenters. The van der Waals surface area contributed by atoms with Crippen LogP contribution in [0.25, 0.3) is 0 Å². The lowest BCUT2D eigenvalue weighted by Gasteiger charge is -2.34. The van der Waals surface area contributed by atoms with Crippen LogP contribution in [0.5, 0.6) is 5.75 Å². The van der Waals surface area contributed by atoms with Crippen LogP contribution in [0.15, 0.2) is 29.2 Å². The molecule has 0 heterocycles. The van der Waals surface area contributed by atoms with Gasteiger partial charge in [-0.05, 0) is 30.9 Å². The molecule has 1 fully saturated rings. The van der Waals surface area contributed by atoms with E-state index in [2.05, 4.69) is 0 Å². The molecule has 1 aromatic carbocycles. The van der Waals surface area contributed by atoms with Crippen molar-refractivity contribution in [3.05, 3.63) is 24.3 Å². The molecule has 5 nitrogen and oxygen atoms in total. The Morgan fingerprint density at radius 1 is 1.37 bits per heavy atom. The summed E-state index contributed by atoms with van der Waals surface area (Å²) in [7, 11) is -0.527. The van der Waals surface area contributed by atoms with Crippen molar-refractivity contribution < 1.29 is 18.3 Å². The highest BCUT2D eigenvalue weighted by Gasteiger charge is 2.32. The molecule has 0 bridgehead atoms. The van der Waals surface area contributed by atoms with Crippen molar-refractivity contribution in [2.45, 2.75) is 23.8 Å². The van der Waals surface area contributed by atoms with Gasteiger partial charge in [0.25, 0.3) is 0 Å². The fraction of sp³-hybridized carbons (Fsp3) is 0.538. The summed E-state index contributed by atoms with van der Waals surface area (Å²) in [5.74, 6) is 0.590. The standard InChI is InChI=1S/C13H19NO4S/c1-14(9-10-7-11(15)8-10)19(16,17)13-6-4-3-5-12(13)18-2/h3-6,10-11,15H,7-9H2,1-2H3. The van der Waals surface area contributed by atoms with E-state index in [1.807, 2.05) is 0 Å². The molecular formula is C13H19NO4S. The van der Waals surface area contributed by atoms with E-state index in [-0.39, 0.29) is 16.9 Å². The summed E-state index contributed by atoms with van der Waals surface area (Å²) in [4.78, 5) is 0.180. The zero-order valence-corrected chi connectivity index (χ0v) is 11.9. The van der Waals surface area contributed by atoms with E-state index in [0.29, 0.717) is 25.1 Å². The van der Waals surface area contributed by atoms with E-state index in [4.69, 9.17) is 4.74 Å². The molecule has 0 spiro atoms. The molecule has 0 amide bonds. The number of para-hydroxylation sites is 1. The number of aliphatic hydroxyl groups excluding tert-OH is 1. The Labute approximate surface area is 113 Å². The maximum Gasteiger partial charge on any atom is 0.246 e. The topological polar surface area (TPSA) is 66.8 Å². The molecular weight excluding hydrogens is 266 g/mol. The lowest BCUT2D eigenvalue weighted by Crippen LogP contribution is -2.39. The average molecular weight is 285 g/mol. The second-order valence-electron chi connectivity index (χ2n) is 4.93. The van der Waals surface area contributed by atoms with Crippen molar-refractivity contribution in [2.24, 2.45) is 5.92 Å². The minimum Gasteiger partial charge on any atom is -0.495 e. The van der Waals surface area contributed by atoms with Gasteiger partial charge in [0.15, 0.2) is 0 Å². The maximum atomic E-state index is 12.5. The van der Waals surface area contributed by atoms with Gasteiger partial charge in [0.05, 0.1) is 13.2 Å². The molecule has 0 radical (unpaired) electrons. The Hall–Kier alpha value is -1.11. The van der Waals surface area contributed by atoms with Crippen molar-refractivity contribution in [3.8, 4) is 5.75 Å². The van der Waals surface area contributed by atoms with Gasteiger partial charge in [0.2, 0.25) is 10.0 Å². The van der Waals surface area contributed by atoms with E-state index in [1.165, 1.54) is 11.4 Å². The van der Waals surface area contributed by atoms with Crippen LogP contribution >= 0.6 is 0 Å². The van der Waals surface area contributed by atoms with Gasteiger partial charge in [-0.1, -0.05) is 12.1 Å². The molecule has 0 aliphatic heterocycles. The van der Waals surface area contributed by atoms with Crippen LogP contribution in [0.2, 0.25) is 0 Å². The predicted molar refractivity (Wildman–Crippen MR) is 71.5 cm³/mol. The van der Waals surface area contributed by atoms with Crippen molar-refractivity contribution >= 4 is 10.0 Å². The first-order valence-corrected chi connectivity index (χ1v) is 7.66. The number of benzene rings is 1. The molecule has 1 N–H and O–H groups in total. The highest BCUT2D eigenvalue weighted by atomic mass is 32.2. The number of aliphatic hydroxyl groups is 1. The van der Waals surface area contributed by atoms with Crippen LogP contribution in [-0.2, 0) is 10.0 Å². The summed E-state index contributed by atoms with van der Waals surface area (Å²) in [6.07, 6.45) is 1.07. The van der Waals surface area contributed by atoms with Crippen LogP contribution in [0, 0.1) is 5.92 Å². The number of nitrogens with zero attached hydrogens (tertiary/aromatic N) is 1. The quantitative estimate of drug-likeness (QED) is 0.879. The molecule has 0 atom stereocenters. The van der Waals surface area contributed by atoms with Crippen LogP contribution in [0.3, 0.4) is 0 Å². The average Bonchev–Trinajstić information content (AvgIpc) is 2.36. The van der Waals surface area contributed by atoms with Gasteiger partial charge in [-0.25, -0.2) is 12.7 Å². The number of sulfonamides is 1. The Kier molecular flexibility index (Phi) is 4.13. The second kappa shape index (κ2) is 5.48. The van der Waals surface area contributed by atoms with Crippen LogP contribution in [0.1, 0.15) is 12.8 Å². The first-order chi connectivity index (χ1) is 8.95. The fourth-order valence-electron chi connectivity index (χ4n) is 2.31. The summed E-state index contributed by atoms with van der Waals surface area (Å²) in [5.41, 5.74) is 0. The molecule has 2 rings (SSSR count). The van der Waals surface area contributed by atoms with Gasteiger partial charge in [-0.15, -0.1) is 0 Å². The first kappa shape index (κ1) is 14.3. The molecule has 19 heavy (non-hydrogen) atoms. The van der Waals surface area contributed by atoms with Crippen LogP contribution < -0.4 is 4.74 Å². The highest BCUT2D eigenvalue weighted by Crippen LogP contribution is 2.31. The van der Waals surface area contributed by atoms with Gasteiger partial charge in [0.1, 0.15) is 10.6 Å². The van der Waals surface area contributed by atoms with Crippen LogP contribution in [0.4, 0.5) is 0 Å². The Morgan fingerprint density at radius 3 is 2.58 bits per heavy atom. The molecule has 1 aliphatic carbocycles. The van der Waals surface area contributed by atoms with E-state index >= 15 is 0 Å². The zero-order chi connectivity index (χ0) is 14.0. The Balaban J connectivity index is 2.16. The van der Waals surface area contributed by atoms with E-state index in [1.54, 1.807) is 31.3 Å². The molecule has 0 aromatic heterocycles. The lowest BCUT2D eigenvalue weighted by molar-refractivity contribution is 0.0367. The van der Waals surface area contributed by atoms with E-state index in [9.17, 15) is 13.5 Å². The van der Waals surface area contributed by atoms with Crippen molar-refractivity contribution in [1.82, 2.24) is 4.31 Å². The SMILES string of the molecule is COc1ccccc1S(=O)(=O)N(C)CC1CC(O)C1. The van der Waals surface area contributed by atoms with Crippen molar-refractivity contribution in [3.63, 3.8) is 0 Å². The summed E-state index contributed by atoms with van der Waals surface area (Å²) in [6.45, 7) is 0.428.